The van der Waals surface area contributed by atoms with Gasteiger partial charge in [-0.1, -0.05) is 37.3 Å². The van der Waals surface area contributed by atoms with Gasteiger partial charge in [0.05, 0.1) is 0 Å². The summed E-state index contributed by atoms with van der Waals surface area (Å²) in [6, 6.07) is 10.0. The summed E-state index contributed by atoms with van der Waals surface area (Å²) >= 11 is 0. The quantitative estimate of drug-likeness (QED) is 0.837. The van der Waals surface area contributed by atoms with Crippen molar-refractivity contribution in [3.63, 3.8) is 0 Å². The summed E-state index contributed by atoms with van der Waals surface area (Å²) in [6.07, 6.45) is 3.45. The number of sulfonamides is 1. The number of likely N-dealkylation sites (tertiary alicyclic amines) is 1. The second kappa shape index (κ2) is 7.40. The van der Waals surface area contributed by atoms with Gasteiger partial charge in [0, 0.05) is 24.5 Å². The van der Waals surface area contributed by atoms with Gasteiger partial charge in [-0.25, -0.2) is 8.42 Å². The van der Waals surface area contributed by atoms with E-state index in [2.05, 4.69) is 18.7 Å². The summed E-state index contributed by atoms with van der Waals surface area (Å²) < 4.78 is 26.5. The second-order valence-electron chi connectivity index (χ2n) is 5.93. The van der Waals surface area contributed by atoms with E-state index in [1.807, 2.05) is 30.3 Å². The number of hydrogen-bond donors (Lipinski definition) is 0. The Balaban J connectivity index is 2.05. The average molecular weight is 322 g/mol. The second-order valence-corrected chi connectivity index (χ2v) is 7.81. The third kappa shape index (κ3) is 4.18. The summed E-state index contributed by atoms with van der Waals surface area (Å²) in [4.78, 5) is 2.40. The molecule has 1 saturated heterocycles. The standard InChI is InChI=1S/C17H26N2O2S/c1-4-19-12-10-17(14-15(19)2)18(3)22(20,21)13-11-16-8-6-5-7-9-16/h5-9,11,13,15,17H,4,10,12,14H2,1-3H3/b13-11+/t15-,17-/m0/s1. The van der Waals surface area contributed by atoms with E-state index in [0.717, 1.165) is 31.5 Å². The van der Waals surface area contributed by atoms with Gasteiger partial charge in [0.1, 0.15) is 0 Å². The largest absolute Gasteiger partial charge is 0.301 e. The third-order valence-corrected chi connectivity index (χ3v) is 6.12. The molecule has 1 aliphatic rings. The maximum absolute atomic E-state index is 12.5. The molecule has 22 heavy (non-hydrogen) atoms. The van der Waals surface area contributed by atoms with E-state index in [1.54, 1.807) is 13.1 Å². The fraction of sp³-hybridized carbons (Fsp3) is 0.529. The molecule has 5 heteroatoms. The molecular formula is C17H26N2O2S. The minimum atomic E-state index is -3.37. The SMILES string of the molecule is CCN1CC[C@H](N(C)S(=O)(=O)/C=C/c2ccccc2)C[C@@H]1C. The van der Waals surface area contributed by atoms with Gasteiger partial charge >= 0.3 is 0 Å². The Labute approximate surface area is 134 Å². The van der Waals surface area contributed by atoms with Crippen LogP contribution >= 0.6 is 0 Å². The molecule has 1 aromatic rings. The first-order chi connectivity index (χ1) is 10.4. The van der Waals surface area contributed by atoms with Crippen LogP contribution in [-0.2, 0) is 10.0 Å². The van der Waals surface area contributed by atoms with E-state index in [-0.39, 0.29) is 6.04 Å². The van der Waals surface area contributed by atoms with Gasteiger partial charge in [0.2, 0.25) is 10.0 Å². The first-order valence-electron chi connectivity index (χ1n) is 7.89. The van der Waals surface area contributed by atoms with Gasteiger partial charge < -0.3 is 4.90 Å². The van der Waals surface area contributed by atoms with Crippen LogP contribution in [0.5, 0.6) is 0 Å². The summed E-state index contributed by atoms with van der Waals surface area (Å²) in [6.45, 7) is 6.32. The zero-order valence-corrected chi connectivity index (χ0v) is 14.5. The van der Waals surface area contributed by atoms with Crippen LogP contribution in [0.3, 0.4) is 0 Å². The molecule has 0 aromatic heterocycles. The fourth-order valence-electron chi connectivity index (χ4n) is 3.03. The maximum atomic E-state index is 12.5. The van der Waals surface area contributed by atoms with Crippen molar-refractivity contribution in [2.45, 2.75) is 38.8 Å². The van der Waals surface area contributed by atoms with E-state index in [4.69, 9.17) is 0 Å². The first-order valence-corrected chi connectivity index (χ1v) is 9.39. The summed E-state index contributed by atoms with van der Waals surface area (Å²) in [7, 11) is -1.67. The van der Waals surface area contributed by atoms with E-state index in [9.17, 15) is 8.42 Å². The molecule has 122 valence electrons. The van der Waals surface area contributed by atoms with Crippen molar-refractivity contribution in [2.24, 2.45) is 0 Å². The van der Waals surface area contributed by atoms with Crippen LogP contribution in [0, 0.1) is 0 Å². The van der Waals surface area contributed by atoms with Crippen LogP contribution in [-0.4, -0.2) is 49.8 Å². The van der Waals surface area contributed by atoms with Gasteiger partial charge in [0.15, 0.2) is 0 Å². The van der Waals surface area contributed by atoms with Crippen LogP contribution in [0.1, 0.15) is 32.3 Å². The maximum Gasteiger partial charge on any atom is 0.236 e. The normalized spacial score (nSPS) is 24.2. The minimum Gasteiger partial charge on any atom is -0.301 e. The molecule has 0 saturated carbocycles. The monoisotopic (exact) mass is 322 g/mol. The molecule has 1 fully saturated rings. The number of hydrogen-bond acceptors (Lipinski definition) is 3. The molecule has 0 bridgehead atoms. The van der Waals surface area contributed by atoms with E-state index < -0.39 is 10.0 Å². The van der Waals surface area contributed by atoms with Crippen molar-refractivity contribution >= 4 is 16.1 Å². The van der Waals surface area contributed by atoms with Crippen molar-refractivity contribution in [3.8, 4) is 0 Å². The highest BCUT2D eigenvalue weighted by Gasteiger charge is 2.31. The molecule has 2 rings (SSSR count). The van der Waals surface area contributed by atoms with Crippen molar-refractivity contribution in [3.05, 3.63) is 41.3 Å². The molecule has 1 aliphatic heterocycles. The molecule has 0 radical (unpaired) electrons. The molecule has 0 unspecified atom stereocenters. The molecular weight excluding hydrogens is 296 g/mol. The Bertz CT molecular complexity index is 598. The van der Waals surface area contributed by atoms with E-state index >= 15 is 0 Å². The first kappa shape index (κ1) is 17.2. The number of piperidine rings is 1. The summed E-state index contributed by atoms with van der Waals surface area (Å²) in [5.74, 6) is 0. The van der Waals surface area contributed by atoms with Crippen molar-refractivity contribution in [1.82, 2.24) is 9.21 Å². The van der Waals surface area contributed by atoms with Crippen LogP contribution < -0.4 is 0 Å². The van der Waals surface area contributed by atoms with Crippen molar-refractivity contribution in [1.29, 1.82) is 0 Å². The molecule has 0 N–H and O–H groups in total. The number of nitrogens with zero attached hydrogens (tertiary/aromatic N) is 2. The van der Waals surface area contributed by atoms with E-state index in [1.165, 1.54) is 9.71 Å². The van der Waals surface area contributed by atoms with Gasteiger partial charge in [0.25, 0.3) is 0 Å². The zero-order chi connectivity index (χ0) is 16.2. The van der Waals surface area contributed by atoms with Gasteiger partial charge in [-0.2, -0.15) is 4.31 Å². The molecule has 2 atom stereocenters. The van der Waals surface area contributed by atoms with Crippen molar-refractivity contribution < 1.29 is 8.42 Å². The van der Waals surface area contributed by atoms with Gasteiger partial charge in [-0.05, 0) is 44.5 Å². The summed E-state index contributed by atoms with van der Waals surface area (Å²) in [5.41, 5.74) is 0.897. The van der Waals surface area contributed by atoms with Gasteiger partial charge in [-0.15, -0.1) is 0 Å². The lowest BCUT2D eigenvalue weighted by Crippen LogP contribution is -2.48. The Morgan fingerprint density at radius 3 is 2.59 bits per heavy atom. The van der Waals surface area contributed by atoms with Gasteiger partial charge in [-0.3, -0.25) is 0 Å². The molecule has 0 spiro atoms. The van der Waals surface area contributed by atoms with Crippen LogP contribution in [0.4, 0.5) is 0 Å². The predicted molar refractivity (Wildman–Crippen MR) is 91.9 cm³/mol. The Morgan fingerprint density at radius 2 is 2.00 bits per heavy atom. The number of rotatable bonds is 5. The van der Waals surface area contributed by atoms with Crippen LogP contribution in [0.25, 0.3) is 6.08 Å². The molecule has 1 aromatic carbocycles. The topological polar surface area (TPSA) is 40.6 Å². The molecule has 0 aliphatic carbocycles. The average Bonchev–Trinajstić information content (AvgIpc) is 2.53. The highest BCUT2D eigenvalue weighted by atomic mass is 32.2. The van der Waals surface area contributed by atoms with E-state index in [0.29, 0.717) is 6.04 Å². The predicted octanol–water partition coefficient (Wildman–Crippen LogP) is 2.79. The molecule has 4 nitrogen and oxygen atoms in total. The minimum absolute atomic E-state index is 0.0863. The van der Waals surface area contributed by atoms with Crippen molar-refractivity contribution in [2.75, 3.05) is 20.1 Å². The highest BCUT2D eigenvalue weighted by molar-refractivity contribution is 7.92. The fourth-order valence-corrected chi connectivity index (χ4v) is 4.16. The third-order valence-electron chi connectivity index (χ3n) is 4.54. The Morgan fingerprint density at radius 1 is 1.32 bits per heavy atom. The molecule has 1 heterocycles. The zero-order valence-electron chi connectivity index (χ0n) is 13.6. The summed E-state index contributed by atoms with van der Waals surface area (Å²) in [5, 5.41) is 1.32. The lowest BCUT2D eigenvalue weighted by molar-refractivity contribution is 0.122. The Hall–Kier alpha value is -1.17. The van der Waals surface area contributed by atoms with Crippen LogP contribution in [0.15, 0.2) is 35.7 Å². The number of benzene rings is 1. The smallest absolute Gasteiger partial charge is 0.236 e. The van der Waals surface area contributed by atoms with Crippen LogP contribution in [0.2, 0.25) is 0 Å². The Kier molecular flexibility index (Phi) is 5.78. The molecule has 0 amide bonds. The lowest BCUT2D eigenvalue weighted by atomic mass is 9.99. The lowest BCUT2D eigenvalue weighted by Gasteiger charge is -2.39. The highest BCUT2D eigenvalue weighted by Crippen LogP contribution is 2.23.